The molecule has 1 aromatic heterocycles. The van der Waals surface area contributed by atoms with E-state index in [1.54, 1.807) is 4.90 Å². The molecule has 0 N–H and O–H groups in total. The van der Waals surface area contributed by atoms with Gasteiger partial charge >= 0.3 is 0 Å². The molecule has 0 bridgehead atoms. The third-order valence-corrected chi connectivity index (χ3v) is 5.18. The standard InChI is InChI=1S/C21H20N4O3/c1-15-3-2-4-18-19(9-10-22-20(15)18)23-11-13-24(14-12-23)21(26)16-5-7-17(8-6-16)25(27)28/h2-10H,11-14H2,1H3. The molecule has 0 aliphatic carbocycles. The van der Waals surface area contributed by atoms with Gasteiger partial charge in [-0.25, -0.2) is 0 Å². The van der Waals surface area contributed by atoms with Crippen LogP contribution in [0.5, 0.6) is 0 Å². The zero-order valence-corrected chi connectivity index (χ0v) is 15.5. The van der Waals surface area contributed by atoms with Gasteiger partial charge in [-0.1, -0.05) is 18.2 Å². The number of anilines is 1. The molecule has 1 amide bonds. The summed E-state index contributed by atoms with van der Waals surface area (Å²) in [6.45, 7) is 4.72. The fraction of sp³-hybridized carbons (Fsp3) is 0.238. The van der Waals surface area contributed by atoms with Crippen LogP contribution in [0.4, 0.5) is 11.4 Å². The van der Waals surface area contributed by atoms with Crippen molar-refractivity contribution in [3.63, 3.8) is 0 Å². The van der Waals surface area contributed by atoms with Crippen molar-refractivity contribution in [1.29, 1.82) is 0 Å². The van der Waals surface area contributed by atoms with Crippen LogP contribution in [-0.4, -0.2) is 46.9 Å². The summed E-state index contributed by atoms with van der Waals surface area (Å²) in [7, 11) is 0. The van der Waals surface area contributed by atoms with Crippen molar-refractivity contribution >= 4 is 28.2 Å². The molecule has 4 rings (SSSR count). The van der Waals surface area contributed by atoms with Crippen LogP contribution in [0.1, 0.15) is 15.9 Å². The summed E-state index contributed by atoms with van der Waals surface area (Å²) >= 11 is 0. The predicted molar refractivity (Wildman–Crippen MR) is 108 cm³/mol. The summed E-state index contributed by atoms with van der Waals surface area (Å²) in [6, 6.07) is 14.0. The maximum Gasteiger partial charge on any atom is 0.269 e. The molecule has 1 aliphatic heterocycles. The van der Waals surface area contributed by atoms with Gasteiger partial charge in [0.15, 0.2) is 0 Å². The summed E-state index contributed by atoms with van der Waals surface area (Å²) < 4.78 is 0. The fourth-order valence-electron chi connectivity index (χ4n) is 3.64. The van der Waals surface area contributed by atoms with Crippen LogP contribution in [0.15, 0.2) is 54.7 Å². The van der Waals surface area contributed by atoms with E-state index in [0.29, 0.717) is 18.7 Å². The lowest BCUT2D eigenvalue weighted by Gasteiger charge is -2.36. The molecule has 28 heavy (non-hydrogen) atoms. The second kappa shape index (κ2) is 7.26. The van der Waals surface area contributed by atoms with Gasteiger partial charge in [-0.3, -0.25) is 19.9 Å². The molecule has 7 heteroatoms. The number of carbonyl (C=O) groups excluding carboxylic acids is 1. The highest BCUT2D eigenvalue weighted by Crippen LogP contribution is 2.28. The fourth-order valence-corrected chi connectivity index (χ4v) is 3.64. The molecular weight excluding hydrogens is 356 g/mol. The van der Waals surface area contributed by atoms with Crippen molar-refractivity contribution in [3.05, 3.63) is 76.0 Å². The molecule has 0 radical (unpaired) electrons. The third kappa shape index (κ3) is 3.26. The summed E-state index contributed by atoms with van der Waals surface area (Å²) in [6.07, 6.45) is 1.83. The molecule has 0 saturated carbocycles. The van der Waals surface area contributed by atoms with Crippen molar-refractivity contribution in [3.8, 4) is 0 Å². The number of aryl methyl sites for hydroxylation is 1. The highest BCUT2D eigenvalue weighted by molar-refractivity contribution is 5.95. The average Bonchev–Trinajstić information content (AvgIpc) is 2.73. The number of amides is 1. The first-order valence-electron chi connectivity index (χ1n) is 9.17. The molecule has 0 spiro atoms. The summed E-state index contributed by atoms with van der Waals surface area (Å²) in [5.74, 6) is -0.0926. The van der Waals surface area contributed by atoms with Gasteiger partial charge in [0.05, 0.1) is 10.4 Å². The minimum atomic E-state index is -0.465. The highest BCUT2D eigenvalue weighted by Gasteiger charge is 2.23. The van der Waals surface area contributed by atoms with E-state index in [1.165, 1.54) is 24.3 Å². The maximum absolute atomic E-state index is 12.7. The number of benzene rings is 2. The van der Waals surface area contributed by atoms with E-state index in [0.717, 1.165) is 35.2 Å². The predicted octanol–water partition coefficient (Wildman–Crippen LogP) is 3.41. The number of non-ortho nitro benzene ring substituents is 1. The van der Waals surface area contributed by atoms with Crippen LogP contribution in [-0.2, 0) is 0 Å². The summed E-state index contributed by atoms with van der Waals surface area (Å²) in [5, 5.41) is 11.9. The molecular formula is C21H20N4O3. The number of aromatic nitrogens is 1. The number of nitro groups is 1. The lowest BCUT2D eigenvalue weighted by Crippen LogP contribution is -2.48. The number of hydrogen-bond donors (Lipinski definition) is 0. The van der Waals surface area contributed by atoms with Gasteiger partial charge < -0.3 is 9.80 Å². The molecule has 0 atom stereocenters. The van der Waals surface area contributed by atoms with Crippen LogP contribution < -0.4 is 4.90 Å². The zero-order valence-electron chi connectivity index (χ0n) is 15.5. The van der Waals surface area contributed by atoms with Crippen LogP contribution in [0.25, 0.3) is 10.9 Å². The molecule has 3 aromatic rings. The Morgan fingerprint density at radius 3 is 2.43 bits per heavy atom. The van der Waals surface area contributed by atoms with Crippen LogP contribution >= 0.6 is 0 Å². The van der Waals surface area contributed by atoms with Gasteiger partial charge in [0.1, 0.15) is 0 Å². The molecule has 2 heterocycles. The first kappa shape index (κ1) is 17.9. The third-order valence-electron chi connectivity index (χ3n) is 5.18. The molecule has 1 fully saturated rings. The normalized spacial score (nSPS) is 14.3. The van der Waals surface area contributed by atoms with E-state index < -0.39 is 4.92 Å². The van der Waals surface area contributed by atoms with Crippen LogP contribution in [0.3, 0.4) is 0 Å². The number of fused-ring (bicyclic) bond motifs is 1. The first-order valence-corrected chi connectivity index (χ1v) is 9.17. The highest BCUT2D eigenvalue weighted by atomic mass is 16.6. The Kier molecular flexibility index (Phi) is 4.65. The number of pyridine rings is 1. The largest absolute Gasteiger partial charge is 0.367 e. The Labute approximate surface area is 162 Å². The number of para-hydroxylation sites is 1. The number of carbonyl (C=O) groups is 1. The second-order valence-corrected chi connectivity index (χ2v) is 6.88. The van der Waals surface area contributed by atoms with E-state index >= 15 is 0 Å². The van der Waals surface area contributed by atoms with Gasteiger partial charge in [-0.2, -0.15) is 0 Å². The maximum atomic E-state index is 12.7. The molecule has 142 valence electrons. The Morgan fingerprint density at radius 1 is 1.04 bits per heavy atom. The van der Waals surface area contributed by atoms with E-state index in [2.05, 4.69) is 28.9 Å². The number of piperazine rings is 1. The minimum absolute atomic E-state index is 0.0128. The first-order chi connectivity index (χ1) is 13.5. The minimum Gasteiger partial charge on any atom is -0.367 e. The summed E-state index contributed by atoms with van der Waals surface area (Å²) in [5.41, 5.74) is 3.75. The Morgan fingerprint density at radius 2 is 1.75 bits per heavy atom. The van der Waals surface area contributed by atoms with Gasteiger partial charge in [-0.15, -0.1) is 0 Å². The van der Waals surface area contributed by atoms with Crippen molar-refractivity contribution < 1.29 is 9.72 Å². The number of nitrogens with zero attached hydrogens (tertiary/aromatic N) is 4. The molecule has 7 nitrogen and oxygen atoms in total. The van der Waals surface area contributed by atoms with Crippen molar-refractivity contribution in [2.24, 2.45) is 0 Å². The lowest BCUT2D eigenvalue weighted by molar-refractivity contribution is -0.384. The van der Waals surface area contributed by atoms with Gasteiger partial charge in [0, 0.05) is 61.1 Å². The van der Waals surface area contributed by atoms with Gasteiger partial charge in [0.25, 0.3) is 11.6 Å². The van der Waals surface area contributed by atoms with Crippen LogP contribution in [0, 0.1) is 17.0 Å². The van der Waals surface area contributed by atoms with Crippen molar-refractivity contribution in [1.82, 2.24) is 9.88 Å². The number of nitro benzene ring substituents is 1. The van der Waals surface area contributed by atoms with E-state index in [-0.39, 0.29) is 11.6 Å². The smallest absolute Gasteiger partial charge is 0.269 e. The Hall–Kier alpha value is -3.48. The lowest BCUT2D eigenvalue weighted by atomic mass is 10.1. The van der Waals surface area contributed by atoms with E-state index in [9.17, 15) is 14.9 Å². The second-order valence-electron chi connectivity index (χ2n) is 6.88. The molecule has 1 aliphatic rings. The van der Waals surface area contributed by atoms with E-state index in [4.69, 9.17) is 0 Å². The van der Waals surface area contributed by atoms with Crippen LogP contribution in [0.2, 0.25) is 0 Å². The zero-order chi connectivity index (χ0) is 19.7. The monoisotopic (exact) mass is 376 g/mol. The van der Waals surface area contributed by atoms with Gasteiger partial charge in [0.2, 0.25) is 0 Å². The van der Waals surface area contributed by atoms with Crippen molar-refractivity contribution in [2.45, 2.75) is 6.92 Å². The quantitative estimate of drug-likeness (QED) is 0.517. The molecule has 1 saturated heterocycles. The van der Waals surface area contributed by atoms with E-state index in [1.807, 2.05) is 18.3 Å². The number of hydrogen-bond acceptors (Lipinski definition) is 5. The van der Waals surface area contributed by atoms with Gasteiger partial charge in [-0.05, 0) is 30.7 Å². The number of rotatable bonds is 3. The summed E-state index contributed by atoms with van der Waals surface area (Å²) in [4.78, 5) is 31.6. The topological polar surface area (TPSA) is 79.6 Å². The average molecular weight is 376 g/mol. The molecule has 2 aromatic carbocycles. The molecule has 0 unspecified atom stereocenters. The van der Waals surface area contributed by atoms with Crippen molar-refractivity contribution in [2.75, 3.05) is 31.1 Å². The Bertz CT molecular complexity index is 1040. The SMILES string of the molecule is Cc1cccc2c(N3CCN(C(=O)c4ccc([N+](=O)[O-])cc4)CC3)ccnc12. The Balaban J connectivity index is 1.48.